The lowest BCUT2D eigenvalue weighted by atomic mass is 10.2. The lowest BCUT2D eigenvalue weighted by Crippen LogP contribution is -2.48. The summed E-state index contributed by atoms with van der Waals surface area (Å²) in [6, 6.07) is 17.9. The van der Waals surface area contributed by atoms with E-state index in [0.717, 1.165) is 18.7 Å². The molecule has 1 saturated heterocycles. The molecule has 0 N–H and O–H groups in total. The number of furan rings is 1. The van der Waals surface area contributed by atoms with Gasteiger partial charge in [-0.1, -0.05) is 12.1 Å². The van der Waals surface area contributed by atoms with Crippen LogP contribution in [-0.2, 0) is 0 Å². The maximum atomic E-state index is 13.1. The maximum Gasteiger partial charge on any atom is 0.289 e. The molecule has 0 saturated carbocycles. The highest BCUT2D eigenvalue weighted by Crippen LogP contribution is 2.24. The molecule has 1 aliphatic heterocycles. The lowest BCUT2D eigenvalue weighted by Gasteiger charge is -2.35. The quantitative estimate of drug-likeness (QED) is 0.693. The van der Waals surface area contributed by atoms with Gasteiger partial charge in [0.15, 0.2) is 5.76 Å². The number of nitrogens with zero attached hydrogens (tertiary/aromatic N) is 2. The van der Waals surface area contributed by atoms with Crippen LogP contribution in [0.5, 0.6) is 0 Å². The second-order valence-electron chi connectivity index (χ2n) is 6.79. The summed E-state index contributed by atoms with van der Waals surface area (Å²) in [7, 11) is 0. The molecule has 0 spiro atoms. The number of hydrogen-bond donors (Lipinski definition) is 0. The number of carbonyl (C=O) groups excluding carboxylic acids is 1. The SMILES string of the molecule is Cc1cccc(N2CCN(C(=O)c3ccc(-c4ccc(F)cc4)o3)CC2)c1. The second kappa shape index (κ2) is 7.27. The molecule has 4 rings (SSSR count). The topological polar surface area (TPSA) is 36.7 Å². The van der Waals surface area contributed by atoms with Crippen LogP contribution >= 0.6 is 0 Å². The van der Waals surface area contributed by atoms with Crippen LogP contribution < -0.4 is 4.90 Å². The molecule has 1 fully saturated rings. The molecule has 1 aromatic heterocycles. The Morgan fingerprint density at radius 2 is 1.70 bits per heavy atom. The largest absolute Gasteiger partial charge is 0.451 e. The summed E-state index contributed by atoms with van der Waals surface area (Å²) < 4.78 is 18.8. The zero-order chi connectivity index (χ0) is 18.8. The molecule has 2 heterocycles. The Hall–Kier alpha value is -3.08. The standard InChI is InChI=1S/C22H21FN2O2/c1-16-3-2-4-19(15-16)24-11-13-25(14-12-24)22(26)21-10-9-20(27-21)17-5-7-18(23)8-6-17/h2-10,15H,11-14H2,1H3. The fraction of sp³-hybridized carbons (Fsp3) is 0.227. The first-order valence-corrected chi connectivity index (χ1v) is 9.07. The summed E-state index contributed by atoms with van der Waals surface area (Å²) in [6.07, 6.45) is 0. The van der Waals surface area contributed by atoms with Crippen molar-refractivity contribution in [3.05, 3.63) is 77.8 Å². The third-order valence-electron chi connectivity index (χ3n) is 4.88. The smallest absolute Gasteiger partial charge is 0.289 e. The molecular formula is C22H21FN2O2. The normalized spacial score (nSPS) is 14.4. The van der Waals surface area contributed by atoms with E-state index in [9.17, 15) is 9.18 Å². The minimum Gasteiger partial charge on any atom is -0.451 e. The first kappa shape index (κ1) is 17.3. The van der Waals surface area contributed by atoms with E-state index in [1.807, 2.05) is 4.90 Å². The Labute approximate surface area is 157 Å². The van der Waals surface area contributed by atoms with Crippen LogP contribution in [0.15, 0.2) is 65.1 Å². The van der Waals surface area contributed by atoms with Crippen LogP contribution in [0.4, 0.5) is 10.1 Å². The van der Waals surface area contributed by atoms with Crippen molar-refractivity contribution in [2.24, 2.45) is 0 Å². The van der Waals surface area contributed by atoms with Crippen molar-refractivity contribution in [3.63, 3.8) is 0 Å². The number of piperazine rings is 1. The van der Waals surface area contributed by atoms with Gasteiger partial charge >= 0.3 is 0 Å². The number of rotatable bonds is 3. The van der Waals surface area contributed by atoms with E-state index < -0.39 is 0 Å². The van der Waals surface area contributed by atoms with Crippen LogP contribution in [0.3, 0.4) is 0 Å². The fourth-order valence-electron chi connectivity index (χ4n) is 3.37. The minimum atomic E-state index is -0.298. The summed E-state index contributed by atoms with van der Waals surface area (Å²) in [5.74, 6) is 0.482. The lowest BCUT2D eigenvalue weighted by molar-refractivity contribution is 0.0715. The number of anilines is 1. The van der Waals surface area contributed by atoms with Gasteiger partial charge in [0, 0.05) is 37.4 Å². The van der Waals surface area contributed by atoms with Crippen molar-refractivity contribution < 1.29 is 13.6 Å². The van der Waals surface area contributed by atoms with Gasteiger partial charge in [0.1, 0.15) is 11.6 Å². The summed E-state index contributed by atoms with van der Waals surface area (Å²) >= 11 is 0. The number of aryl methyl sites for hydroxylation is 1. The average molecular weight is 364 g/mol. The average Bonchev–Trinajstić information content (AvgIpc) is 3.18. The summed E-state index contributed by atoms with van der Waals surface area (Å²) in [5.41, 5.74) is 3.17. The molecule has 0 atom stereocenters. The van der Waals surface area contributed by atoms with E-state index in [0.29, 0.717) is 24.6 Å². The fourth-order valence-corrected chi connectivity index (χ4v) is 3.37. The highest BCUT2D eigenvalue weighted by atomic mass is 19.1. The van der Waals surface area contributed by atoms with Gasteiger partial charge in [-0.3, -0.25) is 4.79 Å². The number of benzene rings is 2. The molecule has 3 aromatic rings. The molecule has 4 nitrogen and oxygen atoms in total. The van der Waals surface area contributed by atoms with E-state index in [4.69, 9.17) is 4.42 Å². The Bertz CT molecular complexity index is 941. The van der Waals surface area contributed by atoms with Crippen LogP contribution in [0, 0.1) is 12.7 Å². The van der Waals surface area contributed by atoms with Crippen LogP contribution in [0.2, 0.25) is 0 Å². The van der Waals surface area contributed by atoms with Crippen molar-refractivity contribution in [2.45, 2.75) is 6.92 Å². The van der Waals surface area contributed by atoms with Crippen LogP contribution in [-0.4, -0.2) is 37.0 Å². The highest BCUT2D eigenvalue weighted by Gasteiger charge is 2.24. The Morgan fingerprint density at radius 3 is 2.41 bits per heavy atom. The molecular weight excluding hydrogens is 343 g/mol. The van der Waals surface area contributed by atoms with Gasteiger partial charge in [0.05, 0.1) is 0 Å². The number of carbonyl (C=O) groups is 1. The Kier molecular flexibility index (Phi) is 4.67. The van der Waals surface area contributed by atoms with Gasteiger partial charge in [-0.15, -0.1) is 0 Å². The first-order valence-electron chi connectivity index (χ1n) is 9.07. The van der Waals surface area contributed by atoms with Gasteiger partial charge in [-0.05, 0) is 61.0 Å². The number of amides is 1. The van der Waals surface area contributed by atoms with Gasteiger partial charge < -0.3 is 14.2 Å². The molecule has 0 radical (unpaired) electrons. The zero-order valence-corrected chi connectivity index (χ0v) is 15.2. The van der Waals surface area contributed by atoms with Crippen molar-refractivity contribution in [2.75, 3.05) is 31.1 Å². The summed E-state index contributed by atoms with van der Waals surface area (Å²) in [6.45, 7) is 4.97. The number of hydrogen-bond acceptors (Lipinski definition) is 3. The summed E-state index contributed by atoms with van der Waals surface area (Å²) in [5, 5.41) is 0. The maximum absolute atomic E-state index is 13.1. The number of halogens is 1. The minimum absolute atomic E-state index is 0.104. The highest BCUT2D eigenvalue weighted by molar-refractivity contribution is 5.92. The zero-order valence-electron chi connectivity index (χ0n) is 15.2. The molecule has 0 aliphatic carbocycles. The molecule has 5 heteroatoms. The van der Waals surface area contributed by atoms with E-state index in [1.54, 1.807) is 24.3 Å². The van der Waals surface area contributed by atoms with E-state index >= 15 is 0 Å². The van der Waals surface area contributed by atoms with E-state index in [1.165, 1.54) is 23.4 Å². The summed E-state index contributed by atoms with van der Waals surface area (Å²) in [4.78, 5) is 16.9. The van der Waals surface area contributed by atoms with Crippen molar-refractivity contribution in [1.29, 1.82) is 0 Å². The third-order valence-corrected chi connectivity index (χ3v) is 4.88. The second-order valence-corrected chi connectivity index (χ2v) is 6.79. The van der Waals surface area contributed by atoms with Gasteiger partial charge in [0.25, 0.3) is 5.91 Å². The Balaban J connectivity index is 1.42. The van der Waals surface area contributed by atoms with Gasteiger partial charge in [-0.2, -0.15) is 0 Å². The van der Waals surface area contributed by atoms with E-state index in [-0.39, 0.29) is 11.7 Å². The van der Waals surface area contributed by atoms with Crippen molar-refractivity contribution in [3.8, 4) is 11.3 Å². The molecule has 1 amide bonds. The Morgan fingerprint density at radius 1 is 0.963 bits per heavy atom. The molecule has 2 aromatic carbocycles. The first-order chi connectivity index (χ1) is 13.1. The molecule has 0 bridgehead atoms. The molecule has 138 valence electrons. The molecule has 27 heavy (non-hydrogen) atoms. The molecule has 1 aliphatic rings. The van der Waals surface area contributed by atoms with Crippen molar-refractivity contribution in [1.82, 2.24) is 4.90 Å². The molecule has 0 unspecified atom stereocenters. The van der Waals surface area contributed by atoms with E-state index in [2.05, 4.69) is 36.1 Å². The van der Waals surface area contributed by atoms with Gasteiger partial charge in [0.2, 0.25) is 0 Å². The monoisotopic (exact) mass is 364 g/mol. The van der Waals surface area contributed by atoms with Gasteiger partial charge in [-0.25, -0.2) is 4.39 Å². The van der Waals surface area contributed by atoms with Crippen LogP contribution in [0.1, 0.15) is 16.1 Å². The predicted octanol–water partition coefficient (Wildman–Crippen LogP) is 4.36. The third kappa shape index (κ3) is 3.72. The van der Waals surface area contributed by atoms with Crippen molar-refractivity contribution >= 4 is 11.6 Å². The predicted molar refractivity (Wildman–Crippen MR) is 103 cm³/mol. The van der Waals surface area contributed by atoms with Crippen LogP contribution in [0.25, 0.3) is 11.3 Å².